The summed E-state index contributed by atoms with van der Waals surface area (Å²) in [4.78, 5) is 6.47. The number of hydrogen-bond donors (Lipinski definition) is 2. The summed E-state index contributed by atoms with van der Waals surface area (Å²) in [5, 5.41) is 3.30. The van der Waals surface area contributed by atoms with Crippen LogP contribution in [0.4, 0.5) is 0 Å². The Kier molecular flexibility index (Phi) is 8.01. The molecule has 0 amide bonds. The second-order valence-electron chi connectivity index (χ2n) is 6.67. The summed E-state index contributed by atoms with van der Waals surface area (Å²) in [5.41, 5.74) is 5.01. The average molecular weight is 399 g/mol. The van der Waals surface area contributed by atoms with Crippen LogP contribution in [0.5, 0.6) is 5.75 Å². The minimum atomic E-state index is 0.534. The first kappa shape index (κ1) is 21.9. The largest absolute Gasteiger partial charge is 0.497 e. The van der Waals surface area contributed by atoms with Gasteiger partial charge < -0.3 is 14.7 Å². The predicted octanol–water partition coefficient (Wildman–Crippen LogP) is 7.71. The summed E-state index contributed by atoms with van der Waals surface area (Å²) in [5.74, 6) is 1.45. The molecule has 0 radical (unpaired) electrons. The molecular formula is C24H31ClN2O. The molecule has 4 rings (SSSR count). The molecule has 0 aliphatic heterocycles. The number of ether oxygens (including phenoxy) is 1. The Labute approximate surface area is 173 Å². The molecule has 3 nitrogen and oxygen atoms in total. The molecule has 2 aromatic carbocycles. The molecule has 0 bridgehead atoms. The maximum Gasteiger partial charge on any atom is 0.119 e. The van der Waals surface area contributed by atoms with Gasteiger partial charge in [-0.2, -0.15) is 0 Å². The smallest absolute Gasteiger partial charge is 0.119 e. The SMILES string of the molecule is CC.CC(C)c1c[nH]c2ccc(Cl)cc12.CCc1c[nH]c2ccc(OC)cc12. The molecule has 4 aromatic rings. The van der Waals surface area contributed by atoms with Gasteiger partial charge in [0.1, 0.15) is 5.75 Å². The highest BCUT2D eigenvalue weighted by molar-refractivity contribution is 6.31. The number of halogens is 1. The van der Waals surface area contributed by atoms with Crippen LogP contribution in [-0.2, 0) is 6.42 Å². The molecule has 0 aliphatic carbocycles. The summed E-state index contributed by atoms with van der Waals surface area (Å²) >= 11 is 5.94. The molecule has 0 spiro atoms. The van der Waals surface area contributed by atoms with Crippen molar-refractivity contribution >= 4 is 33.4 Å². The molecule has 2 heterocycles. The fourth-order valence-corrected chi connectivity index (χ4v) is 3.34. The third-order valence-corrected chi connectivity index (χ3v) is 4.89. The number of benzene rings is 2. The van der Waals surface area contributed by atoms with Gasteiger partial charge in [-0.25, -0.2) is 0 Å². The highest BCUT2D eigenvalue weighted by atomic mass is 35.5. The molecule has 0 atom stereocenters. The molecular weight excluding hydrogens is 368 g/mol. The number of rotatable bonds is 3. The molecule has 0 saturated heterocycles. The van der Waals surface area contributed by atoms with Crippen molar-refractivity contribution in [3.05, 3.63) is 64.9 Å². The zero-order chi connectivity index (χ0) is 20.7. The molecule has 2 aromatic heterocycles. The van der Waals surface area contributed by atoms with E-state index < -0.39 is 0 Å². The highest BCUT2D eigenvalue weighted by Gasteiger charge is 2.06. The van der Waals surface area contributed by atoms with Crippen LogP contribution < -0.4 is 4.74 Å². The van der Waals surface area contributed by atoms with Gasteiger partial charge in [-0.05, 0) is 59.9 Å². The van der Waals surface area contributed by atoms with E-state index in [1.165, 1.54) is 27.4 Å². The highest BCUT2D eigenvalue weighted by Crippen LogP contribution is 2.27. The van der Waals surface area contributed by atoms with Crippen LogP contribution in [0.1, 0.15) is 51.7 Å². The molecule has 0 unspecified atom stereocenters. The first-order valence-electron chi connectivity index (χ1n) is 9.94. The van der Waals surface area contributed by atoms with E-state index in [1.54, 1.807) is 7.11 Å². The Morgan fingerprint density at radius 1 is 0.929 bits per heavy atom. The number of aromatic nitrogens is 2. The molecule has 150 valence electrons. The molecule has 0 aliphatic rings. The van der Waals surface area contributed by atoms with Crippen LogP contribution in [0.2, 0.25) is 5.02 Å². The topological polar surface area (TPSA) is 40.8 Å². The van der Waals surface area contributed by atoms with Crippen LogP contribution in [0.3, 0.4) is 0 Å². The van der Waals surface area contributed by atoms with Gasteiger partial charge in [-0.15, -0.1) is 0 Å². The number of nitrogens with one attached hydrogen (secondary N) is 2. The first-order chi connectivity index (χ1) is 13.5. The monoisotopic (exact) mass is 398 g/mol. The van der Waals surface area contributed by atoms with E-state index >= 15 is 0 Å². The second-order valence-corrected chi connectivity index (χ2v) is 7.10. The predicted molar refractivity (Wildman–Crippen MR) is 123 cm³/mol. The minimum absolute atomic E-state index is 0.534. The van der Waals surface area contributed by atoms with E-state index in [9.17, 15) is 0 Å². The lowest BCUT2D eigenvalue weighted by Crippen LogP contribution is -1.83. The van der Waals surface area contributed by atoms with Gasteiger partial charge in [0.25, 0.3) is 0 Å². The number of H-pyrrole nitrogens is 2. The number of aryl methyl sites for hydroxylation is 1. The maximum absolute atomic E-state index is 5.94. The summed E-state index contributed by atoms with van der Waals surface area (Å²) in [6.45, 7) is 10.5. The lowest BCUT2D eigenvalue weighted by atomic mass is 10.0. The molecule has 28 heavy (non-hydrogen) atoms. The molecule has 0 saturated carbocycles. The van der Waals surface area contributed by atoms with E-state index in [1.807, 2.05) is 44.2 Å². The standard InChI is InChI=1S/C11H12ClN.C11H13NO.C2H6/c1-7(2)10-6-13-11-4-3-8(12)5-9(10)11;1-3-8-7-12-11-5-4-9(13-2)6-10(8)11;1-2/h3-7,13H,1-2H3;4-7,12H,3H2,1-2H3;1-2H3. The van der Waals surface area contributed by atoms with E-state index in [4.69, 9.17) is 16.3 Å². The van der Waals surface area contributed by atoms with Crippen molar-refractivity contribution < 1.29 is 4.74 Å². The summed E-state index contributed by atoms with van der Waals surface area (Å²) in [7, 11) is 1.69. The van der Waals surface area contributed by atoms with Gasteiger partial charge in [0.2, 0.25) is 0 Å². The zero-order valence-corrected chi connectivity index (χ0v) is 18.4. The third kappa shape index (κ3) is 4.90. The van der Waals surface area contributed by atoms with Crippen LogP contribution in [0.25, 0.3) is 21.8 Å². The van der Waals surface area contributed by atoms with Gasteiger partial charge in [0.05, 0.1) is 7.11 Å². The van der Waals surface area contributed by atoms with E-state index in [0.29, 0.717) is 5.92 Å². The van der Waals surface area contributed by atoms with Crippen LogP contribution in [0.15, 0.2) is 48.8 Å². The first-order valence-corrected chi connectivity index (χ1v) is 10.3. The van der Waals surface area contributed by atoms with Crippen molar-refractivity contribution in [3.63, 3.8) is 0 Å². The second kappa shape index (κ2) is 10.2. The summed E-state index contributed by atoms with van der Waals surface area (Å²) in [6, 6.07) is 12.0. The summed E-state index contributed by atoms with van der Waals surface area (Å²) < 4.78 is 5.18. The Balaban J connectivity index is 0.000000184. The summed E-state index contributed by atoms with van der Waals surface area (Å²) in [6.07, 6.45) is 5.17. The lowest BCUT2D eigenvalue weighted by molar-refractivity contribution is 0.415. The fraction of sp³-hybridized carbons (Fsp3) is 0.333. The van der Waals surface area contributed by atoms with Crippen LogP contribution in [0, 0.1) is 0 Å². The van der Waals surface area contributed by atoms with Gasteiger partial charge in [0.15, 0.2) is 0 Å². The average Bonchev–Trinajstić information content (AvgIpc) is 3.32. The van der Waals surface area contributed by atoms with Crippen LogP contribution >= 0.6 is 11.6 Å². The Morgan fingerprint density at radius 2 is 1.57 bits per heavy atom. The lowest BCUT2D eigenvalue weighted by Gasteiger charge is -2.01. The minimum Gasteiger partial charge on any atom is -0.497 e. The molecule has 4 heteroatoms. The van der Waals surface area contributed by atoms with Crippen molar-refractivity contribution in [2.75, 3.05) is 7.11 Å². The zero-order valence-electron chi connectivity index (χ0n) is 17.7. The van der Waals surface area contributed by atoms with E-state index in [2.05, 4.69) is 49.2 Å². The Bertz CT molecular complexity index is 1010. The van der Waals surface area contributed by atoms with Crippen LogP contribution in [-0.4, -0.2) is 17.1 Å². The van der Waals surface area contributed by atoms with Gasteiger partial charge in [0, 0.05) is 39.2 Å². The maximum atomic E-state index is 5.94. The van der Waals surface area contributed by atoms with Gasteiger partial charge in [-0.3, -0.25) is 0 Å². The van der Waals surface area contributed by atoms with Gasteiger partial charge in [-0.1, -0.05) is 46.2 Å². The number of aromatic amines is 2. The normalized spacial score (nSPS) is 10.4. The third-order valence-electron chi connectivity index (χ3n) is 4.65. The van der Waals surface area contributed by atoms with Crippen molar-refractivity contribution in [1.82, 2.24) is 9.97 Å². The van der Waals surface area contributed by atoms with E-state index in [-0.39, 0.29) is 0 Å². The molecule has 0 fully saturated rings. The molecule has 2 N–H and O–H groups in total. The quantitative estimate of drug-likeness (QED) is 0.364. The van der Waals surface area contributed by atoms with E-state index in [0.717, 1.165) is 22.7 Å². The number of methoxy groups -OCH3 is 1. The number of fused-ring (bicyclic) bond motifs is 2. The Morgan fingerprint density at radius 3 is 2.21 bits per heavy atom. The van der Waals surface area contributed by atoms with Gasteiger partial charge >= 0.3 is 0 Å². The van der Waals surface area contributed by atoms with Crippen molar-refractivity contribution in [2.24, 2.45) is 0 Å². The van der Waals surface area contributed by atoms with Crippen molar-refractivity contribution in [1.29, 1.82) is 0 Å². The van der Waals surface area contributed by atoms with Crippen molar-refractivity contribution in [3.8, 4) is 5.75 Å². The number of hydrogen-bond acceptors (Lipinski definition) is 1. The Hall–Kier alpha value is -2.39. The fourth-order valence-electron chi connectivity index (χ4n) is 3.17. The van der Waals surface area contributed by atoms with Crippen molar-refractivity contribution in [2.45, 2.75) is 47.0 Å².